The van der Waals surface area contributed by atoms with Crippen LogP contribution in [0.2, 0.25) is 0 Å². The van der Waals surface area contributed by atoms with E-state index in [1.54, 1.807) is 43.3 Å². The van der Waals surface area contributed by atoms with E-state index in [4.69, 9.17) is 9.47 Å². The summed E-state index contributed by atoms with van der Waals surface area (Å²) in [7, 11) is 2.97. The molecule has 0 bridgehead atoms. The van der Waals surface area contributed by atoms with E-state index in [0.717, 1.165) is 5.56 Å². The summed E-state index contributed by atoms with van der Waals surface area (Å²) < 4.78 is 10.2. The Kier molecular flexibility index (Phi) is 5.19. The van der Waals surface area contributed by atoms with Crippen molar-refractivity contribution in [1.82, 2.24) is 5.43 Å². The van der Waals surface area contributed by atoms with Crippen LogP contribution in [-0.4, -0.2) is 30.9 Å². The molecule has 120 valence electrons. The smallest absolute Gasteiger partial charge is 0.275 e. The second kappa shape index (κ2) is 7.31. The van der Waals surface area contributed by atoms with Gasteiger partial charge in [-0.25, -0.2) is 5.43 Å². The van der Waals surface area contributed by atoms with Gasteiger partial charge in [0.25, 0.3) is 5.91 Å². The topological polar surface area (TPSA) is 80.2 Å². The van der Waals surface area contributed by atoms with Crippen molar-refractivity contribution in [2.75, 3.05) is 14.2 Å². The number of nitrogens with one attached hydrogen (secondary N) is 1. The molecule has 2 N–H and O–H groups in total. The van der Waals surface area contributed by atoms with Crippen LogP contribution >= 0.6 is 0 Å². The van der Waals surface area contributed by atoms with Crippen LogP contribution < -0.4 is 14.9 Å². The summed E-state index contributed by atoms with van der Waals surface area (Å²) >= 11 is 0. The summed E-state index contributed by atoms with van der Waals surface area (Å²) in [6.45, 7) is 1.74. The average molecular weight is 314 g/mol. The second-order valence-electron chi connectivity index (χ2n) is 4.73. The molecule has 6 heteroatoms. The van der Waals surface area contributed by atoms with Gasteiger partial charge in [0.15, 0.2) is 11.5 Å². The number of carbonyl (C=O) groups is 1. The Morgan fingerprint density at radius 1 is 1.09 bits per heavy atom. The molecule has 0 aliphatic rings. The molecule has 0 saturated heterocycles. The molecule has 2 aromatic rings. The van der Waals surface area contributed by atoms with Gasteiger partial charge in [-0.2, -0.15) is 5.10 Å². The molecule has 0 aliphatic heterocycles. The molecular formula is C17H18N2O4. The first-order chi connectivity index (χ1) is 11.1. The van der Waals surface area contributed by atoms with E-state index in [-0.39, 0.29) is 11.7 Å². The molecule has 0 spiro atoms. The minimum absolute atomic E-state index is 0.0436. The highest BCUT2D eigenvalue weighted by Crippen LogP contribution is 2.26. The zero-order valence-electron chi connectivity index (χ0n) is 13.2. The summed E-state index contributed by atoms with van der Waals surface area (Å²) in [4.78, 5) is 12.2. The number of hydrogen-bond donors (Lipinski definition) is 2. The molecule has 0 radical (unpaired) electrons. The molecule has 6 nitrogen and oxygen atoms in total. The minimum atomic E-state index is -0.368. The number of methoxy groups -OCH3 is 2. The molecule has 23 heavy (non-hydrogen) atoms. The maximum atomic E-state index is 12.2. The van der Waals surface area contributed by atoms with Crippen LogP contribution in [0.15, 0.2) is 47.6 Å². The van der Waals surface area contributed by atoms with Crippen molar-refractivity contribution in [2.24, 2.45) is 5.10 Å². The third kappa shape index (κ3) is 3.79. The number of amides is 1. The van der Waals surface area contributed by atoms with Gasteiger partial charge in [0, 0.05) is 5.56 Å². The maximum absolute atomic E-state index is 12.2. The van der Waals surface area contributed by atoms with Gasteiger partial charge in [-0.05, 0) is 37.3 Å². The number of nitrogens with zero attached hydrogens (tertiary/aromatic N) is 1. The van der Waals surface area contributed by atoms with Gasteiger partial charge >= 0.3 is 0 Å². The van der Waals surface area contributed by atoms with Gasteiger partial charge in [-0.15, -0.1) is 0 Å². The van der Waals surface area contributed by atoms with Crippen LogP contribution in [-0.2, 0) is 0 Å². The SMILES string of the molecule is COc1cc(C(C)=NNC(=O)c2ccccc2OC)ccc1O. The molecule has 2 aromatic carbocycles. The van der Waals surface area contributed by atoms with Crippen molar-refractivity contribution < 1.29 is 19.4 Å². The molecule has 0 aromatic heterocycles. The lowest BCUT2D eigenvalue weighted by Crippen LogP contribution is -2.20. The standard InChI is InChI=1S/C17H18N2O4/c1-11(12-8-9-14(20)16(10-12)23-3)18-19-17(21)13-6-4-5-7-15(13)22-2/h4-10,20H,1-3H3,(H,19,21). The molecule has 0 fully saturated rings. The minimum Gasteiger partial charge on any atom is -0.504 e. The lowest BCUT2D eigenvalue weighted by atomic mass is 10.1. The largest absolute Gasteiger partial charge is 0.504 e. The summed E-state index contributed by atoms with van der Waals surface area (Å²) in [5.74, 6) is 0.493. The molecule has 0 unspecified atom stereocenters. The highest BCUT2D eigenvalue weighted by molar-refractivity contribution is 6.02. The van der Waals surface area contributed by atoms with E-state index in [2.05, 4.69) is 10.5 Å². The molecule has 0 heterocycles. The highest BCUT2D eigenvalue weighted by Gasteiger charge is 2.11. The first-order valence-electron chi connectivity index (χ1n) is 6.92. The Bertz CT molecular complexity index is 741. The third-order valence-corrected chi connectivity index (χ3v) is 3.27. The van der Waals surface area contributed by atoms with Crippen molar-refractivity contribution >= 4 is 11.6 Å². The number of para-hydroxylation sites is 1. The quantitative estimate of drug-likeness (QED) is 0.656. The van der Waals surface area contributed by atoms with Crippen molar-refractivity contribution in [2.45, 2.75) is 6.92 Å². The number of hydrazone groups is 1. The Balaban J connectivity index is 2.17. The van der Waals surface area contributed by atoms with Gasteiger partial charge in [-0.3, -0.25) is 4.79 Å². The van der Waals surface area contributed by atoms with E-state index < -0.39 is 0 Å². The fourth-order valence-corrected chi connectivity index (χ4v) is 1.99. The van der Waals surface area contributed by atoms with Crippen LogP contribution in [0.4, 0.5) is 0 Å². The van der Waals surface area contributed by atoms with Crippen molar-refractivity contribution in [1.29, 1.82) is 0 Å². The van der Waals surface area contributed by atoms with Gasteiger partial charge in [-0.1, -0.05) is 12.1 Å². The van der Waals surface area contributed by atoms with Crippen LogP contribution in [0, 0.1) is 0 Å². The van der Waals surface area contributed by atoms with Gasteiger partial charge in [0.05, 0.1) is 25.5 Å². The normalized spacial score (nSPS) is 11.0. The molecular weight excluding hydrogens is 296 g/mol. The van der Waals surface area contributed by atoms with E-state index in [1.165, 1.54) is 20.3 Å². The summed E-state index contributed by atoms with van der Waals surface area (Å²) in [5.41, 5.74) is 4.19. The van der Waals surface area contributed by atoms with Gasteiger partial charge in [0.1, 0.15) is 5.75 Å². The molecule has 0 aliphatic carbocycles. The Labute approximate surface area is 134 Å². The molecule has 0 atom stereocenters. The zero-order valence-corrected chi connectivity index (χ0v) is 13.2. The number of aromatic hydroxyl groups is 1. The van der Waals surface area contributed by atoms with Crippen molar-refractivity contribution in [3.05, 3.63) is 53.6 Å². The lowest BCUT2D eigenvalue weighted by molar-refractivity contribution is 0.0952. The number of rotatable bonds is 5. The second-order valence-corrected chi connectivity index (χ2v) is 4.73. The Hall–Kier alpha value is -3.02. The van der Waals surface area contributed by atoms with Gasteiger partial charge in [0.2, 0.25) is 0 Å². The number of carbonyl (C=O) groups excluding carboxylic acids is 1. The first-order valence-corrected chi connectivity index (χ1v) is 6.92. The fourth-order valence-electron chi connectivity index (χ4n) is 1.99. The Morgan fingerprint density at radius 3 is 2.48 bits per heavy atom. The van der Waals surface area contributed by atoms with E-state index in [0.29, 0.717) is 22.8 Å². The summed E-state index contributed by atoms with van der Waals surface area (Å²) in [6, 6.07) is 11.7. The maximum Gasteiger partial charge on any atom is 0.275 e. The summed E-state index contributed by atoms with van der Waals surface area (Å²) in [6.07, 6.45) is 0. The fraction of sp³-hybridized carbons (Fsp3) is 0.176. The van der Waals surface area contributed by atoms with E-state index in [1.807, 2.05) is 0 Å². The number of phenols is 1. The highest BCUT2D eigenvalue weighted by atomic mass is 16.5. The van der Waals surface area contributed by atoms with E-state index >= 15 is 0 Å². The van der Waals surface area contributed by atoms with Crippen LogP contribution in [0.3, 0.4) is 0 Å². The Morgan fingerprint density at radius 2 is 1.78 bits per heavy atom. The number of benzene rings is 2. The molecule has 0 saturated carbocycles. The first kappa shape index (κ1) is 16.4. The number of ether oxygens (including phenoxy) is 2. The number of hydrogen-bond acceptors (Lipinski definition) is 5. The van der Waals surface area contributed by atoms with Crippen molar-refractivity contribution in [3.63, 3.8) is 0 Å². The predicted octanol–water partition coefficient (Wildman–Crippen LogP) is 2.56. The van der Waals surface area contributed by atoms with E-state index in [9.17, 15) is 9.90 Å². The average Bonchev–Trinajstić information content (AvgIpc) is 2.59. The predicted molar refractivity (Wildman–Crippen MR) is 87.3 cm³/mol. The molecule has 2 rings (SSSR count). The molecule has 1 amide bonds. The zero-order chi connectivity index (χ0) is 16.8. The third-order valence-electron chi connectivity index (χ3n) is 3.27. The van der Waals surface area contributed by atoms with Crippen LogP contribution in [0.25, 0.3) is 0 Å². The van der Waals surface area contributed by atoms with Gasteiger partial charge < -0.3 is 14.6 Å². The monoisotopic (exact) mass is 314 g/mol. The summed E-state index contributed by atoms with van der Waals surface area (Å²) in [5, 5.41) is 13.7. The lowest BCUT2D eigenvalue weighted by Gasteiger charge is -2.08. The van der Waals surface area contributed by atoms with Crippen molar-refractivity contribution in [3.8, 4) is 17.2 Å². The van der Waals surface area contributed by atoms with Crippen LogP contribution in [0.1, 0.15) is 22.8 Å². The van der Waals surface area contributed by atoms with Crippen LogP contribution in [0.5, 0.6) is 17.2 Å². The number of phenolic OH excluding ortho intramolecular Hbond substituents is 1.